The average Bonchev–Trinajstić information content (AvgIpc) is 2.69. The van der Waals surface area contributed by atoms with Crippen molar-refractivity contribution in [2.45, 2.75) is 20.8 Å². The topological polar surface area (TPSA) is 67.3 Å². The number of rotatable bonds is 5. The zero-order chi connectivity index (χ0) is 20.3. The number of carbonyl (C=O) groups is 1. The number of nitrogens with zero attached hydrogens (tertiary/aromatic N) is 3. The average molecular weight is 376 g/mol. The van der Waals surface area contributed by atoms with Crippen molar-refractivity contribution in [1.82, 2.24) is 9.97 Å². The standard InChI is InChI=1S/C22H24N4O2/c1-14-10-11-18(20(12-14)28-5)25-22-23-13-19(16(3)24-22)26(4)21(27)17-9-7-6-8-15(17)2/h6-13H,1-5H3,(H,23,24,25). The first-order valence-electron chi connectivity index (χ1n) is 8.99. The van der Waals surface area contributed by atoms with Gasteiger partial charge in [0.05, 0.1) is 30.4 Å². The molecule has 0 spiro atoms. The zero-order valence-electron chi connectivity index (χ0n) is 16.8. The first-order chi connectivity index (χ1) is 13.4. The van der Waals surface area contributed by atoms with E-state index in [9.17, 15) is 4.79 Å². The van der Waals surface area contributed by atoms with Gasteiger partial charge in [0.1, 0.15) is 5.75 Å². The van der Waals surface area contributed by atoms with E-state index in [1.807, 2.05) is 63.2 Å². The van der Waals surface area contributed by atoms with Gasteiger partial charge in [-0.05, 0) is 50.1 Å². The lowest BCUT2D eigenvalue weighted by Crippen LogP contribution is -2.28. The van der Waals surface area contributed by atoms with E-state index in [1.54, 1.807) is 25.3 Å². The molecular formula is C22H24N4O2. The van der Waals surface area contributed by atoms with Crippen LogP contribution in [0.4, 0.5) is 17.3 Å². The molecule has 0 unspecified atom stereocenters. The fraction of sp³-hybridized carbons (Fsp3) is 0.227. The van der Waals surface area contributed by atoms with Crippen LogP contribution in [0.5, 0.6) is 5.75 Å². The van der Waals surface area contributed by atoms with E-state index < -0.39 is 0 Å². The van der Waals surface area contributed by atoms with Gasteiger partial charge in [-0.3, -0.25) is 4.79 Å². The summed E-state index contributed by atoms with van der Waals surface area (Å²) in [5.41, 5.74) is 4.84. The number of amides is 1. The normalized spacial score (nSPS) is 10.5. The third kappa shape index (κ3) is 3.96. The molecule has 6 nitrogen and oxygen atoms in total. The molecule has 0 saturated heterocycles. The number of aryl methyl sites for hydroxylation is 3. The SMILES string of the molecule is COc1cc(C)ccc1Nc1ncc(N(C)C(=O)c2ccccc2C)c(C)n1. The van der Waals surface area contributed by atoms with Crippen molar-refractivity contribution < 1.29 is 9.53 Å². The lowest BCUT2D eigenvalue weighted by Gasteiger charge is -2.20. The molecule has 0 fully saturated rings. The number of hydrogen-bond donors (Lipinski definition) is 1. The van der Waals surface area contributed by atoms with Gasteiger partial charge >= 0.3 is 0 Å². The van der Waals surface area contributed by atoms with Crippen molar-refractivity contribution in [3.05, 3.63) is 71.0 Å². The van der Waals surface area contributed by atoms with Gasteiger partial charge in [0.25, 0.3) is 5.91 Å². The quantitative estimate of drug-likeness (QED) is 0.713. The Morgan fingerprint density at radius 1 is 1.11 bits per heavy atom. The molecule has 0 aliphatic heterocycles. The largest absolute Gasteiger partial charge is 0.495 e. The van der Waals surface area contributed by atoms with Crippen molar-refractivity contribution in [2.75, 3.05) is 24.4 Å². The molecular weight excluding hydrogens is 352 g/mol. The highest BCUT2D eigenvalue weighted by Crippen LogP contribution is 2.28. The minimum atomic E-state index is -0.0919. The molecule has 0 bridgehead atoms. The molecule has 28 heavy (non-hydrogen) atoms. The zero-order valence-corrected chi connectivity index (χ0v) is 16.8. The van der Waals surface area contributed by atoms with Crippen LogP contribution in [0.15, 0.2) is 48.7 Å². The van der Waals surface area contributed by atoms with Gasteiger partial charge in [0.2, 0.25) is 5.95 Å². The second-order valence-corrected chi connectivity index (χ2v) is 6.67. The fourth-order valence-corrected chi connectivity index (χ4v) is 2.98. The lowest BCUT2D eigenvalue weighted by molar-refractivity contribution is 0.0992. The monoisotopic (exact) mass is 376 g/mol. The Balaban J connectivity index is 1.84. The molecule has 2 aromatic carbocycles. The minimum Gasteiger partial charge on any atom is -0.495 e. The molecule has 1 aromatic heterocycles. The Bertz CT molecular complexity index is 1020. The first kappa shape index (κ1) is 19.4. The minimum absolute atomic E-state index is 0.0919. The second kappa shape index (κ2) is 8.08. The molecule has 0 radical (unpaired) electrons. The highest BCUT2D eigenvalue weighted by molar-refractivity contribution is 6.06. The maximum absolute atomic E-state index is 12.8. The van der Waals surface area contributed by atoms with Crippen molar-refractivity contribution in [2.24, 2.45) is 0 Å². The van der Waals surface area contributed by atoms with E-state index in [4.69, 9.17) is 4.74 Å². The van der Waals surface area contributed by atoms with Crippen LogP contribution in [0.2, 0.25) is 0 Å². The van der Waals surface area contributed by atoms with E-state index in [1.165, 1.54) is 0 Å². The number of benzene rings is 2. The molecule has 1 heterocycles. The van der Waals surface area contributed by atoms with E-state index in [2.05, 4.69) is 15.3 Å². The fourth-order valence-electron chi connectivity index (χ4n) is 2.98. The number of anilines is 3. The van der Waals surface area contributed by atoms with Crippen LogP contribution in [0.25, 0.3) is 0 Å². The number of methoxy groups -OCH3 is 1. The Morgan fingerprint density at radius 2 is 1.86 bits per heavy atom. The van der Waals surface area contributed by atoms with Crippen molar-refractivity contribution in [1.29, 1.82) is 0 Å². The molecule has 0 saturated carbocycles. The molecule has 0 atom stereocenters. The summed E-state index contributed by atoms with van der Waals surface area (Å²) in [7, 11) is 3.36. The van der Waals surface area contributed by atoms with Crippen molar-refractivity contribution >= 4 is 23.2 Å². The Morgan fingerprint density at radius 3 is 2.54 bits per heavy atom. The Labute approximate surface area is 165 Å². The summed E-state index contributed by atoms with van der Waals surface area (Å²) in [6, 6.07) is 13.4. The van der Waals surface area contributed by atoms with Gasteiger partial charge in [-0.15, -0.1) is 0 Å². The molecule has 3 aromatic rings. The lowest BCUT2D eigenvalue weighted by atomic mass is 10.1. The number of nitrogens with one attached hydrogen (secondary N) is 1. The highest BCUT2D eigenvalue weighted by atomic mass is 16.5. The molecule has 144 valence electrons. The Hall–Kier alpha value is -3.41. The van der Waals surface area contributed by atoms with Crippen molar-refractivity contribution in [3.63, 3.8) is 0 Å². The van der Waals surface area contributed by atoms with Gasteiger partial charge in [0.15, 0.2) is 0 Å². The summed E-state index contributed by atoms with van der Waals surface area (Å²) in [6.45, 7) is 5.78. The van der Waals surface area contributed by atoms with Crippen LogP contribution in [0.1, 0.15) is 27.2 Å². The summed E-state index contributed by atoms with van der Waals surface area (Å²) >= 11 is 0. The first-order valence-corrected chi connectivity index (χ1v) is 8.99. The predicted molar refractivity (Wildman–Crippen MR) is 112 cm³/mol. The number of carbonyl (C=O) groups excluding carboxylic acids is 1. The molecule has 1 N–H and O–H groups in total. The highest BCUT2D eigenvalue weighted by Gasteiger charge is 2.18. The second-order valence-electron chi connectivity index (χ2n) is 6.67. The van der Waals surface area contributed by atoms with Crippen LogP contribution in [-0.2, 0) is 0 Å². The van der Waals surface area contributed by atoms with Gasteiger partial charge in [-0.1, -0.05) is 24.3 Å². The van der Waals surface area contributed by atoms with Crippen LogP contribution in [0, 0.1) is 20.8 Å². The molecule has 3 rings (SSSR count). The molecule has 1 amide bonds. The van der Waals surface area contributed by atoms with Gasteiger partial charge < -0.3 is 15.0 Å². The maximum atomic E-state index is 12.8. The summed E-state index contributed by atoms with van der Waals surface area (Å²) in [4.78, 5) is 23.3. The number of hydrogen-bond acceptors (Lipinski definition) is 5. The van der Waals surface area contributed by atoms with E-state index >= 15 is 0 Å². The summed E-state index contributed by atoms with van der Waals surface area (Å²) in [5, 5.41) is 3.18. The van der Waals surface area contributed by atoms with Crippen molar-refractivity contribution in [3.8, 4) is 5.75 Å². The molecule has 0 aliphatic carbocycles. The van der Waals surface area contributed by atoms with E-state index in [-0.39, 0.29) is 5.91 Å². The van der Waals surface area contributed by atoms with Crippen LogP contribution in [0.3, 0.4) is 0 Å². The van der Waals surface area contributed by atoms with E-state index in [0.717, 1.165) is 22.6 Å². The van der Waals surface area contributed by atoms with Gasteiger partial charge in [0, 0.05) is 12.6 Å². The van der Waals surface area contributed by atoms with Crippen LogP contribution in [-0.4, -0.2) is 30.0 Å². The maximum Gasteiger partial charge on any atom is 0.258 e. The molecule has 0 aliphatic rings. The summed E-state index contributed by atoms with van der Waals surface area (Å²) in [5.74, 6) is 1.07. The smallest absolute Gasteiger partial charge is 0.258 e. The molecule has 6 heteroatoms. The summed E-state index contributed by atoms with van der Waals surface area (Å²) in [6.07, 6.45) is 1.65. The van der Waals surface area contributed by atoms with Gasteiger partial charge in [-0.25, -0.2) is 9.97 Å². The van der Waals surface area contributed by atoms with Gasteiger partial charge in [-0.2, -0.15) is 0 Å². The third-order valence-electron chi connectivity index (χ3n) is 4.60. The number of aromatic nitrogens is 2. The third-order valence-corrected chi connectivity index (χ3v) is 4.60. The van der Waals surface area contributed by atoms with Crippen LogP contribution >= 0.6 is 0 Å². The summed E-state index contributed by atoms with van der Waals surface area (Å²) < 4.78 is 5.41. The number of ether oxygens (including phenoxy) is 1. The van der Waals surface area contributed by atoms with Crippen LogP contribution < -0.4 is 15.0 Å². The van der Waals surface area contributed by atoms with E-state index in [0.29, 0.717) is 22.9 Å². The Kier molecular flexibility index (Phi) is 5.59. The predicted octanol–water partition coefficient (Wildman–Crippen LogP) is 4.43.